The van der Waals surface area contributed by atoms with Gasteiger partial charge in [0.15, 0.2) is 0 Å². The Hall–Kier alpha value is -1.87. The van der Waals surface area contributed by atoms with Crippen LogP contribution in [0.1, 0.15) is 33.9 Å². The van der Waals surface area contributed by atoms with Crippen LogP contribution >= 0.6 is 11.6 Å². The third-order valence-corrected chi connectivity index (χ3v) is 5.54. The summed E-state index contributed by atoms with van der Waals surface area (Å²) in [5.74, 6) is 0. The number of aryl methyl sites for hydroxylation is 2. The maximum atomic E-state index is 7.41. The van der Waals surface area contributed by atoms with Crippen LogP contribution in [0.15, 0.2) is 78.9 Å². The van der Waals surface area contributed by atoms with Crippen LogP contribution in [0.2, 0.25) is 0 Å². The van der Waals surface area contributed by atoms with Crippen LogP contribution < -0.4 is 0 Å². The van der Waals surface area contributed by atoms with Gasteiger partial charge in [-0.25, -0.2) is 0 Å². The minimum absolute atomic E-state index is 0.393. The molecule has 3 heteroatoms. The molecule has 3 aromatic rings. The van der Waals surface area contributed by atoms with E-state index in [4.69, 9.17) is 16.0 Å². The number of hydrogen-bond acceptors (Lipinski definition) is 1. The van der Waals surface area contributed by atoms with E-state index in [1.54, 1.807) is 0 Å². The van der Waals surface area contributed by atoms with Gasteiger partial charge >= 0.3 is 0 Å². The highest BCUT2D eigenvalue weighted by molar-refractivity contribution is 6.27. The fourth-order valence-electron chi connectivity index (χ4n) is 3.35. The molecule has 0 heterocycles. The van der Waals surface area contributed by atoms with E-state index in [0.717, 1.165) is 27.8 Å². The third kappa shape index (κ3) is 3.30. The number of halogens is 1. The first-order chi connectivity index (χ1) is 12.1. The van der Waals surface area contributed by atoms with Gasteiger partial charge in [0.05, 0.1) is 6.10 Å². The van der Waals surface area contributed by atoms with Crippen LogP contribution in [0.25, 0.3) is 0 Å². The van der Waals surface area contributed by atoms with Crippen LogP contribution in [0.5, 0.6) is 0 Å². The van der Waals surface area contributed by atoms with Gasteiger partial charge in [0.1, 0.15) is 4.87 Å². The van der Waals surface area contributed by atoms with Crippen LogP contribution in [-0.2, 0) is 9.30 Å². The first kappa shape index (κ1) is 17.9. The zero-order valence-electron chi connectivity index (χ0n) is 14.4. The number of hydrogen-bond donors (Lipinski definition) is 0. The normalized spacial score (nSPS) is 14.7. The molecule has 3 radical (unpaired) electrons. The average Bonchev–Trinajstić information content (AvgIpc) is 2.65. The fraction of sp³-hybridized carbons (Fsp3) is 0.182. The fourth-order valence-corrected chi connectivity index (χ4v) is 4.23. The molecule has 0 saturated carbocycles. The van der Waals surface area contributed by atoms with E-state index in [9.17, 15) is 0 Å². The molecule has 0 aliphatic carbocycles. The summed E-state index contributed by atoms with van der Waals surface area (Å²) in [4.78, 5) is -0.861. The van der Waals surface area contributed by atoms with Gasteiger partial charge in [0.25, 0.3) is 0 Å². The molecular formula is C22H20ClOSi. The molecule has 2 atom stereocenters. The Labute approximate surface area is 158 Å². The molecule has 2 unspecified atom stereocenters. The SMILES string of the molecule is Cc1ccccc1C(O[Si])C(Cl)(c1ccccc1)c1ccccc1C. The molecule has 0 spiro atoms. The monoisotopic (exact) mass is 363 g/mol. The van der Waals surface area contributed by atoms with E-state index >= 15 is 0 Å². The van der Waals surface area contributed by atoms with Gasteiger partial charge < -0.3 is 4.43 Å². The van der Waals surface area contributed by atoms with Crippen molar-refractivity contribution in [3.8, 4) is 0 Å². The van der Waals surface area contributed by atoms with Gasteiger partial charge in [0.2, 0.25) is 10.5 Å². The molecule has 125 valence electrons. The topological polar surface area (TPSA) is 9.23 Å². The summed E-state index contributed by atoms with van der Waals surface area (Å²) in [7, 11) is 3.31. The van der Waals surface area contributed by atoms with Gasteiger partial charge in [-0.05, 0) is 41.7 Å². The molecule has 0 N–H and O–H groups in total. The lowest BCUT2D eigenvalue weighted by molar-refractivity contribution is 0.185. The first-order valence-electron chi connectivity index (χ1n) is 8.27. The van der Waals surface area contributed by atoms with Crippen LogP contribution in [0.4, 0.5) is 0 Å². The van der Waals surface area contributed by atoms with Crippen molar-refractivity contribution in [1.29, 1.82) is 0 Å². The zero-order chi connectivity index (χ0) is 17.9. The molecule has 0 aliphatic heterocycles. The summed E-state index contributed by atoms with van der Waals surface area (Å²) in [6, 6.07) is 26.5. The van der Waals surface area contributed by atoms with Crippen molar-refractivity contribution >= 4 is 22.1 Å². The van der Waals surface area contributed by atoms with Crippen LogP contribution in [0, 0.1) is 13.8 Å². The van der Waals surface area contributed by atoms with Crippen molar-refractivity contribution < 1.29 is 4.43 Å². The van der Waals surface area contributed by atoms with E-state index in [-0.39, 0.29) is 0 Å². The minimum atomic E-state index is -0.861. The quantitative estimate of drug-likeness (QED) is 0.422. The van der Waals surface area contributed by atoms with Crippen molar-refractivity contribution in [2.24, 2.45) is 0 Å². The summed E-state index contributed by atoms with van der Waals surface area (Å²) in [6.07, 6.45) is -0.393. The average molecular weight is 364 g/mol. The Bertz CT molecular complexity index is 849. The lowest BCUT2D eigenvalue weighted by Gasteiger charge is -2.37. The molecule has 1 nitrogen and oxygen atoms in total. The predicted octanol–water partition coefficient (Wildman–Crippen LogP) is 5.63. The van der Waals surface area contributed by atoms with Crippen molar-refractivity contribution in [2.45, 2.75) is 24.8 Å². The molecule has 25 heavy (non-hydrogen) atoms. The Kier molecular flexibility index (Phi) is 5.43. The largest absolute Gasteiger partial charge is 0.409 e. The van der Waals surface area contributed by atoms with Crippen LogP contribution in [0.3, 0.4) is 0 Å². The lowest BCUT2D eigenvalue weighted by atomic mass is 9.80. The van der Waals surface area contributed by atoms with E-state index in [0.29, 0.717) is 0 Å². The Morgan fingerprint density at radius 1 is 0.800 bits per heavy atom. The molecule has 0 aliphatic rings. The van der Waals surface area contributed by atoms with E-state index in [2.05, 4.69) is 60.7 Å². The second-order valence-electron chi connectivity index (χ2n) is 6.25. The van der Waals surface area contributed by atoms with E-state index in [1.807, 2.05) is 42.5 Å². The highest BCUT2D eigenvalue weighted by atomic mass is 35.5. The molecular weight excluding hydrogens is 344 g/mol. The van der Waals surface area contributed by atoms with Gasteiger partial charge in [0, 0.05) is 0 Å². The number of alkyl halides is 1. The maximum Gasteiger partial charge on any atom is 0.247 e. The molecule has 3 aromatic carbocycles. The molecule has 0 amide bonds. The predicted molar refractivity (Wildman–Crippen MR) is 105 cm³/mol. The van der Waals surface area contributed by atoms with E-state index < -0.39 is 11.0 Å². The van der Waals surface area contributed by atoms with E-state index in [1.165, 1.54) is 0 Å². The first-order valence-corrected chi connectivity index (χ1v) is 9.06. The third-order valence-electron chi connectivity index (χ3n) is 4.68. The second-order valence-corrected chi connectivity index (χ2v) is 7.08. The standard InChI is InChI=1S/C22H20ClOSi/c1-16-10-6-8-14-19(16)21(24-25)22(23,18-12-4-3-5-13-18)20-15-9-7-11-17(20)2/h3-15,21H,1-2H3. The molecule has 0 bridgehead atoms. The van der Waals surface area contributed by atoms with Gasteiger partial charge in [-0.3, -0.25) is 0 Å². The van der Waals surface area contributed by atoms with Crippen molar-refractivity contribution in [3.63, 3.8) is 0 Å². The number of benzene rings is 3. The van der Waals surface area contributed by atoms with Gasteiger partial charge in [-0.2, -0.15) is 0 Å². The molecule has 0 saturated heterocycles. The summed E-state index contributed by atoms with van der Waals surface area (Å²) in [5, 5.41) is 0. The number of rotatable bonds is 5. The summed E-state index contributed by atoms with van der Waals surface area (Å²) < 4.78 is 5.82. The van der Waals surface area contributed by atoms with Crippen LogP contribution in [-0.4, -0.2) is 10.5 Å². The second kappa shape index (κ2) is 7.57. The summed E-state index contributed by atoms with van der Waals surface area (Å²) in [6.45, 7) is 4.16. The zero-order valence-corrected chi connectivity index (χ0v) is 16.1. The Morgan fingerprint density at radius 3 is 1.96 bits per heavy atom. The Morgan fingerprint density at radius 2 is 1.36 bits per heavy atom. The Balaban J connectivity index is 2.28. The van der Waals surface area contributed by atoms with Crippen molar-refractivity contribution in [2.75, 3.05) is 0 Å². The lowest BCUT2D eigenvalue weighted by Crippen LogP contribution is -2.32. The van der Waals surface area contributed by atoms with Gasteiger partial charge in [-0.15, -0.1) is 11.6 Å². The summed E-state index contributed by atoms with van der Waals surface area (Å²) >= 11 is 7.41. The minimum Gasteiger partial charge on any atom is -0.409 e. The molecule has 3 rings (SSSR count). The molecule has 0 aromatic heterocycles. The smallest absolute Gasteiger partial charge is 0.247 e. The van der Waals surface area contributed by atoms with Crippen molar-refractivity contribution in [1.82, 2.24) is 0 Å². The summed E-state index contributed by atoms with van der Waals surface area (Å²) in [5.41, 5.74) is 5.36. The highest BCUT2D eigenvalue weighted by Crippen LogP contribution is 2.49. The van der Waals surface area contributed by atoms with Crippen molar-refractivity contribution in [3.05, 3.63) is 107 Å². The molecule has 0 fully saturated rings. The van der Waals surface area contributed by atoms with Gasteiger partial charge in [-0.1, -0.05) is 78.9 Å². The highest BCUT2D eigenvalue weighted by Gasteiger charge is 2.42. The maximum absolute atomic E-state index is 7.41.